The largest absolute Gasteiger partial charge is 0.465 e. The zero-order valence-corrected chi connectivity index (χ0v) is 11.7. The standard InChI is InChI=1S/C16H19FO3/c1-2-20-15(19)16(10-4-3-5-14(16)18)11-12-6-8-13(17)9-7-12/h6-9H,2-5,10-11H2,1H3. The summed E-state index contributed by atoms with van der Waals surface area (Å²) in [5.41, 5.74) is -0.291. The van der Waals surface area contributed by atoms with E-state index in [1.165, 1.54) is 12.1 Å². The number of carbonyl (C=O) groups excluding carboxylic acids is 2. The summed E-state index contributed by atoms with van der Waals surface area (Å²) in [6.45, 7) is 1.99. The number of esters is 1. The van der Waals surface area contributed by atoms with Crippen molar-refractivity contribution in [1.29, 1.82) is 0 Å². The maximum Gasteiger partial charge on any atom is 0.319 e. The second-order valence-corrected chi connectivity index (χ2v) is 5.24. The molecule has 20 heavy (non-hydrogen) atoms. The highest BCUT2D eigenvalue weighted by Gasteiger charge is 2.47. The van der Waals surface area contributed by atoms with Crippen molar-refractivity contribution in [3.05, 3.63) is 35.6 Å². The molecule has 0 amide bonds. The predicted octanol–water partition coefficient (Wildman–Crippen LogP) is 3.06. The van der Waals surface area contributed by atoms with E-state index >= 15 is 0 Å². The average molecular weight is 278 g/mol. The van der Waals surface area contributed by atoms with Crippen molar-refractivity contribution in [2.45, 2.75) is 39.0 Å². The molecule has 1 fully saturated rings. The third-order valence-electron chi connectivity index (χ3n) is 3.88. The Kier molecular flexibility index (Phi) is 4.53. The minimum atomic E-state index is -1.08. The molecule has 0 heterocycles. The van der Waals surface area contributed by atoms with Gasteiger partial charge in [-0.3, -0.25) is 9.59 Å². The molecule has 0 bridgehead atoms. The third-order valence-corrected chi connectivity index (χ3v) is 3.88. The maximum atomic E-state index is 13.0. The van der Waals surface area contributed by atoms with Crippen LogP contribution < -0.4 is 0 Å². The van der Waals surface area contributed by atoms with Gasteiger partial charge in [0.05, 0.1) is 6.61 Å². The predicted molar refractivity (Wildman–Crippen MR) is 72.6 cm³/mol. The first-order chi connectivity index (χ1) is 9.58. The highest BCUT2D eigenvalue weighted by Crippen LogP contribution is 2.38. The summed E-state index contributed by atoms with van der Waals surface area (Å²) in [5, 5.41) is 0. The van der Waals surface area contributed by atoms with Crippen LogP contribution in [0.1, 0.15) is 38.2 Å². The van der Waals surface area contributed by atoms with E-state index in [9.17, 15) is 14.0 Å². The fraction of sp³-hybridized carbons (Fsp3) is 0.500. The van der Waals surface area contributed by atoms with Crippen LogP contribution >= 0.6 is 0 Å². The number of ketones is 1. The van der Waals surface area contributed by atoms with Gasteiger partial charge in [-0.25, -0.2) is 4.39 Å². The van der Waals surface area contributed by atoms with Crippen molar-refractivity contribution in [3.63, 3.8) is 0 Å². The van der Waals surface area contributed by atoms with Crippen molar-refractivity contribution >= 4 is 11.8 Å². The zero-order valence-electron chi connectivity index (χ0n) is 11.7. The van der Waals surface area contributed by atoms with Crippen LogP contribution in [0.25, 0.3) is 0 Å². The smallest absolute Gasteiger partial charge is 0.319 e. The van der Waals surface area contributed by atoms with E-state index in [1.807, 2.05) is 0 Å². The Hall–Kier alpha value is -1.71. The number of halogens is 1. The molecule has 3 nitrogen and oxygen atoms in total. The van der Waals surface area contributed by atoms with Gasteiger partial charge >= 0.3 is 5.97 Å². The zero-order chi connectivity index (χ0) is 14.6. The van der Waals surface area contributed by atoms with E-state index in [4.69, 9.17) is 4.74 Å². The Morgan fingerprint density at radius 1 is 1.30 bits per heavy atom. The monoisotopic (exact) mass is 278 g/mol. The van der Waals surface area contributed by atoms with Gasteiger partial charge in [0.15, 0.2) is 5.78 Å². The number of carbonyl (C=O) groups is 2. The van der Waals surface area contributed by atoms with Crippen LogP contribution in [0.4, 0.5) is 4.39 Å². The molecule has 1 unspecified atom stereocenters. The van der Waals surface area contributed by atoms with Crippen molar-refractivity contribution < 1.29 is 18.7 Å². The van der Waals surface area contributed by atoms with Gasteiger partial charge in [-0.2, -0.15) is 0 Å². The fourth-order valence-electron chi connectivity index (χ4n) is 2.79. The maximum absolute atomic E-state index is 13.0. The number of ether oxygens (including phenoxy) is 1. The second kappa shape index (κ2) is 6.16. The van der Waals surface area contributed by atoms with Crippen LogP contribution in [0.15, 0.2) is 24.3 Å². The molecule has 0 aliphatic heterocycles. The van der Waals surface area contributed by atoms with E-state index in [2.05, 4.69) is 0 Å². The Labute approximate surface area is 118 Å². The molecule has 0 aromatic heterocycles. The Bertz CT molecular complexity index is 495. The van der Waals surface area contributed by atoms with Crippen molar-refractivity contribution in [2.24, 2.45) is 5.41 Å². The molecule has 0 N–H and O–H groups in total. The van der Waals surface area contributed by atoms with Crippen LogP contribution in [0, 0.1) is 11.2 Å². The summed E-state index contributed by atoms with van der Waals surface area (Å²) in [7, 11) is 0. The highest BCUT2D eigenvalue weighted by molar-refractivity contribution is 6.04. The van der Waals surface area contributed by atoms with Gasteiger partial charge in [-0.1, -0.05) is 18.6 Å². The molecule has 2 rings (SSSR count). The summed E-state index contributed by atoms with van der Waals surface area (Å²) in [6, 6.07) is 5.94. The van der Waals surface area contributed by atoms with Crippen molar-refractivity contribution in [1.82, 2.24) is 0 Å². The topological polar surface area (TPSA) is 43.4 Å². The van der Waals surface area contributed by atoms with E-state index in [-0.39, 0.29) is 18.2 Å². The third kappa shape index (κ3) is 2.89. The van der Waals surface area contributed by atoms with Gasteiger partial charge in [0.25, 0.3) is 0 Å². The molecule has 0 radical (unpaired) electrons. The van der Waals surface area contributed by atoms with Gasteiger partial charge < -0.3 is 4.74 Å². The van der Waals surface area contributed by atoms with Gasteiger partial charge in [0, 0.05) is 6.42 Å². The minimum Gasteiger partial charge on any atom is -0.465 e. The number of rotatable bonds is 4. The normalized spacial score (nSPS) is 22.6. The molecule has 1 aliphatic rings. The van der Waals surface area contributed by atoms with Crippen LogP contribution in [0.5, 0.6) is 0 Å². The van der Waals surface area contributed by atoms with E-state index in [1.54, 1.807) is 19.1 Å². The molecular formula is C16H19FO3. The lowest BCUT2D eigenvalue weighted by Crippen LogP contribution is -2.44. The molecule has 1 aromatic carbocycles. The number of hydrogen-bond acceptors (Lipinski definition) is 3. The summed E-state index contributed by atoms with van der Waals surface area (Å²) in [5.74, 6) is -0.811. The van der Waals surface area contributed by atoms with Crippen LogP contribution in [-0.4, -0.2) is 18.4 Å². The lowest BCUT2D eigenvalue weighted by molar-refractivity contribution is -0.162. The van der Waals surface area contributed by atoms with Crippen LogP contribution in [0.2, 0.25) is 0 Å². The number of Topliss-reactive ketones (excluding diaryl/α,β-unsaturated/α-hetero) is 1. The molecule has 0 spiro atoms. The van der Waals surface area contributed by atoms with Gasteiger partial charge in [-0.05, 0) is 43.9 Å². The average Bonchev–Trinajstić information content (AvgIpc) is 2.44. The van der Waals surface area contributed by atoms with E-state index in [0.717, 1.165) is 18.4 Å². The Balaban J connectivity index is 2.28. The molecule has 1 atom stereocenters. The van der Waals surface area contributed by atoms with Gasteiger partial charge in [0.2, 0.25) is 0 Å². The molecule has 1 saturated carbocycles. The van der Waals surface area contributed by atoms with Gasteiger partial charge in [0.1, 0.15) is 11.2 Å². The first-order valence-electron chi connectivity index (χ1n) is 7.03. The van der Waals surface area contributed by atoms with Crippen LogP contribution in [0.3, 0.4) is 0 Å². The quantitative estimate of drug-likeness (QED) is 0.628. The number of hydrogen-bond donors (Lipinski definition) is 0. The molecule has 108 valence electrons. The summed E-state index contributed by atoms with van der Waals surface area (Å²) >= 11 is 0. The number of benzene rings is 1. The SMILES string of the molecule is CCOC(=O)C1(Cc2ccc(F)cc2)CCCCC1=O. The Morgan fingerprint density at radius 3 is 2.60 bits per heavy atom. The molecule has 0 saturated heterocycles. The first kappa shape index (κ1) is 14.7. The molecule has 1 aliphatic carbocycles. The molecular weight excluding hydrogens is 259 g/mol. The second-order valence-electron chi connectivity index (χ2n) is 5.24. The lowest BCUT2D eigenvalue weighted by atomic mass is 9.69. The van der Waals surface area contributed by atoms with Crippen molar-refractivity contribution in [3.8, 4) is 0 Å². The van der Waals surface area contributed by atoms with Gasteiger partial charge in [-0.15, -0.1) is 0 Å². The highest BCUT2D eigenvalue weighted by atomic mass is 19.1. The Morgan fingerprint density at radius 2 is 2.00 bits per heavy atom. The van der Waals surface area contributed by atoms with Crippen LogP contribution in [-0.2, 0) is 20.7 Å². The lowest BCUT2D eigenvalue weighted by Gasteiger charge is -2.33. The summed E-state index contributed by atoms with van der Waals surface area (Å²) < 4.78 is 18.1. The fourth-order valence-corrected chi connectivity index (χ4v) is 2.79. The summed E-state index contributed by atoms with van der Waals surface area (Å²) in [6.07, 6.45) is 2.89. The molecule has 4 heteroatoms. The van der Waals surface area contributed by atoms with Crippen molar-refractivity contribution in [2.75, 3.05) is 6.61 Å². The first-order valence-corrected chi connectivity index (χ1v) is 7.03. The molecule has 1 aromatic rings. The minimum absolute atomic E-state index is 0.0495. The summed E-state index contributed by atoms with van der Waals surface area (Å²) in [4.78, 5) is 24.6. The van der Waals surface area contributed by atoms with E-state index < -0.39 is 11.4 Å². The van der Waals surface area contributed by atoms with E-state index in [0.29, 0.717) is 19.3 Å².